The molecule has 0 aromatic carbocycles. The summed E-state index contributed by atoms with van der Waals surface area (Å²) in [6, 6.07) is 0. The minimum Gasteiger partial charge on any atom is -0.272 e. The van der Waals surface area contributed by atoms with E-state index in [1.165, 1.54) is 0 Å². The summed E-state index contributed by atoms with van der Waals surface area (Å²) in [5.74, 6) is 0. The van der Waals surface area contributed by atoms with E-state index in [2.05, 4.69) is 16.5 Å². The van der Waals surface area contributed by atoms with Crippen molar-refractivity contribution >= 4 is 7.59 Å². The minimum absolute atomic E-state index is 0. The molecular formula is C3H18N3OP. The first-order valence-electron chi connectivity index (χ1n) is 0.957. The maximum Gasteiger partial charge on any atom is 0.271 e. The second kappa shape index (κ2) is 7.11. The van der Waals surface area contributed by atoms with Crippen molar-refractivity contribution in [2.45, 2.75) is 22.3 Å². The van der Waals surface area contributed by atoms with Crippen LogP contribution in [0.15, 0.2) is 0 Å². The van der Waals surface area contributed by atoms with E-state index in [0.717, 1.165) is 0 Å². The first-order chi connectivity index (χ1) is 2.00. The fourth-order valence-corrected chi connectivity index (χ4v) is 0. The molecule has 56 valence electrons. The predicted octanol–water partition coefficient (Wildman–Crippen LogP) is 0.879. The van der Waals surface area contributed by atoms with E-state index in [4.69, 9.17) is 0 Å². The molecule has 0 aliphatic rings. The highest BCUT2D eigenvalue weighted by Gasteiger charge is 1.90. The van der Waals surface area contributed by atoms with E-state index >= 15 is 0 Å². The molecule has 0 heterocycles. The Labute approximate surface area is 52.0 Å². The van der Waals surface area contributed by atoms with Crippen molar-refractivity contribution in [2.24, 2.45) is 16.5 Å². The van der Waals surface area contributed by atoms with Crippen LogP contribution < -0.4 is 16.5 Å². The summed E-state index contributed by atoms with van der Waals surface area (Å²) in [6.07, 6.45) is 0. The average Bonchev–Trinajstić information content (AvgIpc) is 0.722. The Hall–Kier alpha value is 0.110. The molecule has 0 rings (SSSR count). The van der Waals surface area contributed by atoms with Gasteiger partial charge >= 0.3 is 0 Å². The lowest BCUT2D eigenvalue weighted by atomic mass is 12.0. The Morgan fingerprint density at radius 2 is 0.875 bits per heavy atom. The van der Waals surface area contributed by atoms with Crippen molar-refractivity contribution in [1.29, 1.82) is 0 Å². The van der Waals surface area contributed by atoms with Gasteiger partial charge in [0.2, 0.25) is 0 Å². The van der Waals surface area contributed by atoms with E-state index in [-0.39, 0.29) is 22.3 Å². The molecule has 4 nitrogen and oxygen atoms in total. The summed E-state index contributed by atoms with van der Waals surface area (Å²) in [7, 11) is -3.14. The second-order valence-corrected chi connectivity index (χ2v) is 2.29. The third-order valence-electron chi connectivity index (χ3n) is 0. The smallest absolute Gasteiger partial charge is 0.271 e. The van der Waals surface area contributed by atoms with Gasteiger partial charge in [0.15, 0.2) is 0 Å². The van der Waals surface area contributed by atoms with Gasteiger partial charge in [-0.3, -0.25) is 21.1 Å². The largest absolute Gasteiger partial charge is 0.272 e. The first kappa shape index (κ1) is 24.3. The van der Waals surface area contributed by atoms with Crippen molar-refractivity contribution in [2.75, 3.05) is 0 Å². The maximum atomic E-state index is 9.55. The molecule has 0 unspecified atom stereocenters. The van der Waals surface area contributed by atoms with Crippen LogP contribution in [-0.2, 0) is 4.57 Å². The highest BCUT2D eigenvalue weighted by Crippen LogP contribution is 2.06. The summed E-state index contributed by atoms with van der Waals surface area (Å²) >= 11 is 0. The molecule has 8 heavy (non-hydrogen) atoms. The zero-order chi connectivity index (χ0) is 4.50. The maximum absolute atomic E-state index is 9.55. The Bertz CT molecular complexity index is 60.7. The van der Waals surface area contributed by atoms with E-state index < -0.39 is 7.59 Å². The van der Waals surface area contributed by atoms with Crippen molar-refractivity contribution in [3.05, 3.63) is 0 Å². The van der Waals surface area contributed by atoms with Crippen LogP contribution in [0.1, 0.15) is 22.3 Å². The standard InChI is InChI=1S/3CH4.H6N3OP/c;;;1-5(2,3)4/h3*1H4;(H6,1,2,3,4). The van der Waals surface area contributed by atoms with Crippen molar-refractivity contribution in [3.8, 4) is 0 Å². The van der Waals surface area contributed by atoms with Crippen LogP contribution in [0.3, 0.4) is 0 Å². The van der Waals surface area contributed by atoms with Crippen LogP contribution in [-0.4, -0.2) is 0 Å². The summed E-state index contributed by atoms with van der Waals surface area (Å²) in [6.45, 7) is 0. The molecule has 0 bridgehead atoms. The van der Waals surface area contributed by atoms with Crippen molar-refractivity contribution in [1.82, 2.24) is 0 Å². The predicted molar refractivity (Wildman–Crippen MR) is 40.4 cm³/mol. The molecule has 0 aliphatic carbocycles. The zero-order valence-electron chi connectivity index (χ0n) is 2.59. The Morgan fingerprint density at radius 1 is 0.875 bits per heavy atom. The molecule has 0 fully saturated rings. The highest BCUT2D eigenvalue weighted by molar-refractivity contribution is 7.56. The number of hydrogen-bond acceptors (Lipinski definition) is 1. The fourth-order valence-electron chi connectivity index (χ4n) is 0. The Morgan fingerprint density at radius 3 is 0.875 bits per heavy atom. The third-order valence-corrected chi connectivity index (χ3v) is 0. The molecule has 0 aromatic heterocycles. The molecule has 0 saturated heterocycles. The lowest BCUT2D eigenvalue weighted by molar-refractivity contribution is 0.577. The van der Waals surface area contributed by atoms with Gasteiger partial charge < -0.3 is 0 Å². The third kappa shape index (κ3) is 13200. The quantitative estimate of drug-likeness (QED) is 0.438. The fraction of sp³-hybridized carbons (Fsp3) is 1.00. The summed E-state index contributed by atoms with van der Waals surface area (Å²) in [4.78, 5) is 0. The van der Waals surface area contributed by atoms with Gasteiger partial charge in [-0.25, -0.2) is 0 Å². The van der Waals surface area contributed by atoms with Crippen LogP contribution in [0.4, 0.5) is 0 Å². The normalized spacial score (nSPS) is 7.38. The zero-order valence-corrected chi connectivity index (χ0v) is 3.48. The molecule has 0 spiro atoms. The van der Waals surface area contributed by atoms with Gasteiger partial charge in [0.25, 0.3) is 7.59 Å². The molecule has 0 radical (unpaired) electrons. The summed E-state index contributed by atoms with van der Waals surface area (Å²) in [5, 5.41) is 0. The molecule has 0 aliphatic heterocycles. The molecule has 5 heteroatoms. The van der Waals surface area contributed by atoms with Crippen LogP contribution in [0.2, 0.25) is 0 Å². The van der Waals surface area contributed by atoms with Crippen LogP contribution >= 0.6 is 7.59 Å². The molecule has 0 aromatic rings. The van der Waals surface area contributed by atoms with E-state index in [1.807, 2.05) is 0 Å². The lowest BCUT2D eigenvalue weighted by Gasteiger charge is -1.88. The average molecular weight is 143 g/mol. The van der Waals surface area contributed by atoms with Gasteiger partial charge in [0.1, 0.15) is 0 Å². The number of rotatable bonds is 0. The molecule has 6 N–H and O–H groups in total. The molecule has 0 saturated carbocycles. The highest BCUT2D eigenvalue weighted by atomic mass is 31.2. The van der Waals surface area contributed by atoms with Gasteiger partial charge in [0, 0.05) is 0 Å². The van der Waals surface area contributed by atoms with Crippen LogP contribution in [0.5, 0.6) is 0 Å². The monoisotopic (exact) mass is 143 g/mol. The minimum atomic E-state index is -3.14. The topological polar surface area (TPSA) is 95.1 Å². The first-order valence-corrected chi connectivity index (χ1v) is 2.87. The van der Waals surface area contributed by atoms with E-state index in [9.17, 15) is 4.57 Å². The van der Waals surface area contributed by atoms with E-state index in [1.54, 1.807) is 0 Å². The Kier molecular flexibility index (Phi) is 21.6. The van der Waals surface area contributed by atoms with Gasteiger partial charge in [-0.05, 0) is 0 Å². The Balaban J connectivity index is -0.0000000267. The molecule has 0 atom stereocenters. The number of hydrogen-bond donors (Lipinski definition) is 3. The molecular weight excluding hydrogens is 125 g/mol. The van der Waals surface area contributed by atoms with Gasteiger partial charge in [-0.1, -0.05) is 22.3 Å². The second-order valence-electron chi connectivity index (χ2n) is 0.763. The molecule has 0 amide bonds. The van der Waals surface area contributed by atoms with Gasteiger partial charge in [-0.2, -0.15) is 0 Å². The van der Waals surface area contributed by atoms with E-state index in [0.29, 0.717) is 0 Å². The SMILES string of the molecule is C.C.C.NP(N)(N)=O. The van der Waals surface area contributed by atoms with Crippen molar-refractivity contribution < 1.29 is 4.57 Å². The van der Waals surface area contributed by atoms with Gasteiger partial charge in [-0.15, -0.1) is 0 Å². The number of nitrogens with two attached hydrogens (primary N) is 3. The summed E-state index contributed by atoms with van der Waals surface area (Å²) in [5.41, 5.74) is 13.4. The van der Waals surface area contributed by atoms with Crippen LogP contribution in [0, 0.1) is 0 Å². The lowest BCUT2D eigenvalue weighted by Crippen LogP contribution is -2.12. The van der Waals surface area contributed by atoms with Gasteiger partial charge in [0.05, 0.1) is 0 Å². The van der Waals surface area contributed by atoms with Crippen molar-refractivity contribution in [3.63, 3.8) is 0 Å². The summed E-state index contributed by atoms with van der Waals surface area (Å²) < 4.78 is 9.55. The van der Waals surface area contributed by atoms with Crippen LogP contribution in [0.25, 0.3) is 0 Å².